The second-order valence-corrected chi connectivity index (χ2v) is 10.0. The van der Waals surface area contributed by atoms with Gasteiger partial charge in [-0.05, 0) is 60.0 Å². The van der Waals surface area contributed by atoms with E-state index in [1.807, 2.05) is 6.08 Å². The molecule has 2 atom stereocenters. The van der Waals surface area contributed by atoms with Crippen LogP contribution < -0.4 is 34.2 Å². The van der Waals surface area contributed by atoms with Crippen LogP contribution in [-0.2, 0) is 0 Å². The summed E-state index contributed by atoms with van der Waals surface area (Å²) in [4.78, 5) is 1.26. The maximum atomic E-state index is 6.96. The van der Waals surface area contributed by atoms with Crippen molar-refractivity contribution >= 4 is 29.2 Å². The van der Waals surface area contributed by atoms with Gasteiger partial charge >= 0.3 is 0 Å². The highest BCUT2D eigenvalue weighted by molar-refractivity contribution is 8.00. The van der Waals surface area contributed by atoms with Gasteiger partial charge in [0.25, 0.3) is 0 Å². The van der Waals surface area contributed by atoms with Gasteiger partial charge in [-0.25, -0.2) is 4.48 Å². The molecule has 2 unspecified atom stereocenters. The predicted molar refractivity (Wildman–Crippen MR) is 147 cm³/mol. The van der Waals surface area contributed by atoms with Crippen molar-refractivity contribution in [2.45, 2.75) is 29.2 Å². The maximum Gasteiger partial charge on any atom is 0.202 e. The van der Waals surface area contributed by atoms with Gasteiger partial charge in [0.05, 0.1) is 11.4 Å². The van der Waals surface area contributed by atoms with Crippen LogP contribution in [0.3, 0.4) is 0 Å². The molecule has 2 nitrogen and oxygen atoms in total. The zero-order chi connectivity index (χ0) is 23.4. The van der Waals surface area contributed by atoms with Crippen LogP contribution in [0.15, 0.2) is 121 Å². The molecule has 0 spiro atoms. The van der Waals surface area contributed by atoms with Crippen molar-refractivity contribution in [3.05, 3.63) is 132 Å². The summed E-state index contributed by atoms with van der Waals surface area (Å²) >= 11 is 1.78. The third kappa shape index (κ3) is 4.98. The Morgan fingerprint density at radius 2 is 1.37 bits per heavy atom. The Hall–Kier alpha value is -2.38. The molecule has 35 heavy (non-hydrogen) atoms. The average Bonchev–Trinajstić information content (AvgIpc) is 3.20. The lowest BCUT2D eigenvalue weighted by Gasteiger charge is -2.38. The number of fused-ring (bicyclic) bond motifs is 1. The van der Waals surface area contributed by atoms with Gasteiger partial charge in [0.2, 0.25) is 5.50 Å². The Labute approximate surface area is 230 Å². The van der Waals surface area contributed by atoms with E-state index in [1.54, 1.807) is 11.8 Å². The number of hydrogen-bond acceptors (Lipinski definition) is 2. The summed E-state index contributed by atoms with van der Waals surface area (Å²) in [6, 6.07) is 39.0. The van der Waals surface area contributed by atoms with Crippen molar-refractivity contribution in [2.24, 2.45) is 5.73 Å². The Kier molecular flexibility index (Phi) is 8.50. The van der Waals surface area contributed by atoms with Crippen LogP contribution >= 0.6 is 11.8 Å². The molecule has 0 saturated carbocycles. The number of halogens is 1. The van der Waals surface area contributed by atoms with Gasteiger partial charge in [0.15, 0.2) is 5.69 Å². The Bertz CT molecular complexity index is 1210. The molecule has 1 heterocycles. The Balaban J connectivity index is 0.00000289. The quantitative estimate of drug-likeness (QED) is 0.233. The minimum absolute atomic E-state index is 0. The molecule has 0 aliphatic carbocycles. The zero-order valence-electron chi connectivity index (χ0n) is 19.8. The molecule has 1 aliphatic rings. The topological polar surface area (TPSA) is 26.0 Å². The second kappa shape index (κ2) is 11.6. The van der Waals surface area contributed by atoms with E-state index >= 15 is 0 Å². The highest BCUT2D eigenvalue weighted by Gasteiger charge is 2.48. The third-order valence-corrected chi connectivity index (χ3v) is 8.14. The number of nitrogens with zero attached hydrogens (tertiary/aromatic N) is 1. The summed E-state index contributed by atoms with van der Waals surface area (Å²) in [5, 5.41) is 0. The maximum absolute atomic E-state index is 6.96. The van der Waals surface area contributed by atoms with Gasteiger partial charge in [-0.1, -0.05) is 97.6 Å². The first-order chi connectivity index (χ1) is 16.7. The van der Waals surface area contributed by atoms with Crippen LogP contribution in [0.1, 0.15) is 35.4 Å². The number of thioether (sulfide) groups is 1. The number of hydrogen-bond donors (Lipinski definition) is 1. The lowest BCUT2D eigenvalue weighted by atomic mass is 9.87. The molecule has 178 valence electrons. The van der Waals surface area contributed by atoms with Crippen LogP contribution in [-0.4, -0.2) is 12.0 Å². The molecule has 4 aromatic carbocycles. The molecule has 4 aromatic rings. The SMILES string of the molecule is C=Cc1cccc2c1[N+](CCCC(c1ccccc1)c1ccccc1)(c1ccccc1)C(N)S2.[I-]. The van der Waals surface area contributed by atoms with E-state index in [4.69, 9.17) is 5.73 Å². The summed E-state index contributed by atoms with van der Waals surface area (Å²) < 4.78 is 0.652. The number of benzene rings is 4. The second-order valence-electron chi connectivity index (χ2n) is 8.85. The summed E-state index contributed by atoms with van der Waals surface area (Å²) in [6.45, 7) is 5.06. The van der Waals surface area contributed by atoms with Crippen LogP contribution in [0.25, 0.3) is 6.08 Å². The van der Waals surface area contributed by atoms with Gasteiger partial charge in [-0.3, -0.25) is 5.73 Å². The van der Waals surface area contributed by atoms with Crippen molar-refractivity contribution in [1.29, 1.82) is 0 Å². The van der Waals surface area contributed by atoms with Crippen molar-refractivity contribution in [1.82, 2.24) is 4.48 Å². The zero-order valence-corrected chi connectivity index (χ0v) is 22.7. The molecule has 0 bridgehead atoms. The fourth-order valence-electron chi connectivity index (χ4n) is 5.35. The minimum atomic E-state index is -0.0922. The first-order valence-corrected chi connectivity index (χ1v) is 12.8. The minimum Gasteiger partial charge on any atom is -1.00 e. The highest BCUT2D eigenvalue weighted by atomic mass is 127. The number of rotatable bonds is 8. The fraction of sp³-hybridized carbons (Fsp3) is 0.161. The molecular formula is C31H31IN2S. The van der Waals surface area contributed by atoms with E-state index in [0.29, 0.717) is 10.4 Å². The lowest BCUT2D eigenvalue weighted by Crippen LogP contribution is -3.00. The van der Waals surface area contributed by atoms with Gasteiger partial charge in [0.1, 0.15) is 5.69 Å². The molecule has 0 saturated heterocycles. The molecule has 4 heteroatoms. The molecule has 0 radical (unpaired) electrons. The smallest absolute Gasteiger partial charge is 0.202 e. The average molecular weight is 591 g/mol. The molecule has 5 rings (SSSR count). The Morgan fingerprint density at radius 3 is 1.94 bits per heavy atom. The van der Waals surface area contributed by atoms with Crippen LogP contribution in [0.2, 0.25) is 0 Å². The summed E-state index contributed by atoms with van der Waals surface area (Å²) in [7, 11) is 0. The molecule has 0 aromatic heterocycles. The molecule has 0 fully saturated rings. The first-order valence-electron chi connectivity index (χ1n) is 12.0. The number of nitrogens with two attached hydrogens (primary N) is 1. The molecular weight excluding hydrogens is 559 g/mol. The Morgan fingerprint density at radius 1 is 0.800 bits per heavy atom. The van der Waals surface area contributed by atoms with E-state index in [0.717, 1.165) is 19.4 Å². The summed E-state index contributed by atoms with van der Waals surface area (Å²) in [5.41, 5.74) is 13.3. The van der Waals surface area contributed by atoms with Crippen LogP contribution in [0, 0.1) is 0 Å². The van der Waals surface area contributed by atoms with E-state index in [-0.39, 0.29) is 29.5 Å². The molecule has 0 amide bonds. The van der Waals surface area contributed by atoms with Crippen LogP contribution in [0.5, 0.6) is 0 Å². The van der Waals surface area contributed by atoms with Gasteiger partial charge in [0, 0.05) is 11.5 Å². The van der Waals surface area contributed by atoms with E-state index in [1.165, 1.54) is 33.0 Å². The first kappa shape index (κ1) is 25.7. The number of para-hydroxylation sites is 2. The summed E-state index contributed by atoms with van der Waals surface area (Å²) in [6.07, 6.45) is 4.08. The van der Waals surface area contributed by atoms with Gasteiger partial charge in [-0.2, -0.15) is 0 Å². The van der Waals surface area contributed by atoms with Crippen molar-refractivity contribution < 1.29 is 24.0 Å². The van der Waals surface area contributed by atoms with Crippen molar-refractivity contribution in [3.63, 3.8) is 0 Å². The molecule has 1 aliphatic heterocycles. The standard InChI is InChI=1S/C31H31N2S.HI/c1-2-24-18-12-22-29-30(24)33(31(32)34-29,27-19-10-5-11-20-27)23-13-21-28(25-14-6-3-7-15-25)26-16-8-4-9-17-26;/h2-12,14-20,22,28,31H,1,13,21,23,32H2;1H/q+1;/p-1. The predicted octanol–water partition coefficient (Wildman–Crippen LogP) is 4.93. The normalized spacial score (nSPS) is 18.6. The fourth-order valence-corrected chi connectivity index (χ4v) is 6.68. The van der Waals surface area contributed by atoms with E-state index in [9.17, 15) is 0 Å². The van der Waals surface area contributed by atoms with E-state index in [2.05, 4.69) is 116 Å². The summed E-state index contributed by atoms with van der Waals surface area (Å²) in [5.74, 6) is 0.360. The van der Waals surface area contributed by atoms with Crippen LogP contribution in [0.4, 0.5) is 11.4 Å². The third-order valence-electron chi connectivity index (χ3n) is 6.96. The largest absolute Gasteiger partial charge is 1.00 e. The van der Waals surface area contributed by atoms with Gasteiger partial charge < -0.3 is 24.0 Å². The highest BCUT2D eigenvalue weighted by Crippen LogP contribution is 2.54. The lowest BCUT2D eigenvalue weighted by molar-refractivity contribution is -0.00000663. The molecule has 2 N–H and O–H groups in total. The van der Waals surface area contributed by atoms with Crippen molar-refractivity contribution in [3.8, 4) is 0 Å². The number of quaternary nitrogens is 1. The monoisotopic (exact) mass is 590 g/mol. The van der Waals surface area contributed by atoms with Gasteiger partial charge in [-0.15, -0.1) is 0 Å². The van der Waals surface area contributed by atoms with E-state index < -0.39 is 0 Å². The van der Waals surface area contributed by atoms with Crippen molar-refractivity contribution in [2.75, 3.05) is 6.54 Å².